The highest BCUT2D eigenvalue weighted by Crippen LogP contribution is 2.47. The number of aliphatic imine (C=N–C) groups is 1. The lowest BCUT2D eigenvalue weighted by Crippen LogP contribution is -2.36. The van der Waals surface area contributed by atoms with E-state index in [0.29, 0.717) is 41.3 Å². The van der Waals surface area contributed by atoms with E-state index in [9.17, 15) is 14.7 Å². The minimum atomic E-state index is -0.981. The van der Waals surface area contributed by atoms with Gasteiger partial charge in [0.1, 0.15) is 17.4 Å². The highest BCUT2D eigenvalue weighted by molar-refractivity contribution is 7.10. The van der Waals surface area contributed by atoms with Crippen molar-refractivity contribution in [1.29, 1.82) is 0 Å². The number of hydrogen-bond donors (Lipinski definition) is 1. The quantitative estimate of drug-likeness (QED) is 0.874. The third kappa shape index (κ3) is 2.74. The van der Waals surface area contributed by atoms with E-state index in [2.05, 4.69) is 4.99 Å². The van der Waals surface area contributed by atoms with Crippen LogP contribution in [0.2, 0.25) is 0 Å². The number of aliphatic carboxylic acids is 1. The van der Waals surface area contributed by atoms with Crippen molar-refractivity contribution in [1.82, 2.24) is 0 Å². The lowest BCUT2D eigenvalue weighted by Gasteiger charge is -2.34. The van der Waals surface area contributed by atoms with Gasteiger partial charge in [-0.15, -0.1) is 11.3 Å². The standard InChI is InChI=1S/C20H19NO4S/c1-10-5-6-15(25-10)19-17(20(23)24)11(2)21-13-8-12(9-14(22)18(13)19)16-4-3-7-26-16/h3-7,12,17,19H,8-9H2,1-2H3,(H,23,24). The van der Waals surface area contributed by atoms with Gasteiger partial charge in [-0.25, -0.2) is 0 Å². The van der Waals surface area contributed by atoms with Crippen LogP contribution in [0.3, 0.4) is 0 Å². The van der Waals surface area contributed by atoms with Gasteiger partial charge in [-0.1, -0.05) is 6.07 Å². The van der Waals surface area contributed by atoms with E-state index in [-0.39, 0.29) is 11.7 Å². The Balaban J connectivity index is 1.82. The summed E-state index contributed by atoms with van der Waals surface area (Å²) >= 11 is 1.64. The SMILES string of the molecule is CC1=NC2=C(C(=O)CC(c3cccs3)C2)C(c2ccc(C)o2)C1C(=O)O. The van der Waals surface area contributed by atoms with E-state index in [1.165, 1.54) is 4.88 Å². The van der Waals surface area contributed by atoms with Gasteiger partial charge in [0.2, 0.25) is 0 Å². The molecule has 6 heteroatoms. The molecule has 0 bridgehead atoms. The first-order valence-corrected chi connectivity index (χ1v) is 9.47. The first-order valence-electron chi connectivity index (χ1n) is 8.59. The first-order chi connectivity index (χ1) is 12.5. The van der Waals surface area contributed by atoms with Gasteiger partial charge >= 0.3 is 5.97 Å². The molecular weight excluding hydrogens is 350 g/mol. The molecule has 3 heterocycles. The fraction of sp³-hybridized carbons (Fsp3) is 0.350. The van der Waals surface area contributed by atoms with E-state index in [0.717, 1.165) is 0 Å². The molecule has 1 aliphatic heterocycles. The van der Waals surface area contributed by atoms with Crippen LogP contribution in [-0.4, -0.2) is 22.6 Å². The van der Waals surface area contributed by atoms with Gasteiger partial charge in [0, 0.05) is 34.2 Å². The second kappa shape index (κ2) is 6.36. The van der Waals surface area contributed by atoms with E-state index in [1.54, 1.807) is 30.4 Å². The van der Waals surface area contributed by atoms with Gasteiger partial charge in [-0.2, -0.15) is 0 Å². The van der Waals surface area contributed by atoms with Crippen molar-refractivity contribution in [2.45, 2.75) is 38.5 Å². The van der Waals surface area contributed by atoms with Gasteiger partial charge in [0.25, 0.3) is 0 Å². The zero-order valence-corrected chi connectivity index (χ0v) is 15.4. The summed E-state index contributed by atoms with van der Waals surface area (Å²) in [6.45, 7) is 3.54. The zero-order chi connectivity index (χ0) is 18.4. The van der Waals surface area contributed by atoms with Crippen molar-refractivity contribution < 1.29 is 19.1 Å². The van der Waals surface area contributed by atoms with Gasteiger partial charge in [0.15, 0.2) is 5.78 Å². The van der Waals surface area contributed by atoms with Crippen LogP contribution in [0.1, 0.15) is 48.0 Å². The molecule has 0 saturated carbocycles. The number of carbonyl (C=O) groups is 2. The molecule has 0 spiro atoms. The lowest BCUT2D eigenvalue weighted by atomic mass is 9.71. The second-order valence-electron chi connectivity index (χ2n) is 6.90. The van der Waals surface area contributed by atoms with Crippen LogP contribution < -0.4 is 0 Å². The van der Waals surface area contributed by atoms with Crippen LogP contribution in [0.4, 0.5) is 0 Å². The van der Waals surface area contributed by atoms with Crippen LogP contribution in [0.5, 0.6) is 0 Å². The summed E-state index contributed by atoms with van der Waals surface area (Å²) in [5.74, 6) is -1.15. The number of carboxylic acids is 1. The molecule has 0 radical (unpaired) electrons. The van der Waals surface area contributed by atoms with Gasteiger partial charge in [-0.3, -0.25) is 14.6 Å². The average Bonchev–Trinajstić information content (AvgIpc) is 3.24. The molecule has 2 aromatic rings. The summed E-state index contributed by atoms with van der Waals surface area (Å²) in [6.07, 6.45) is 1.04. The van der Waals surface area contributed by atoms with Crippen molar-refractivity contribution in [2.75, 3.05) is 0 Å². The van der Waals surface area contributed by atoms with E-state index in [4.69, 9.17) is 4.42 Å². The molecule has 5 nitrogen and oxygen atoms in total. The Morgan fingerprint density at radius 3 is 2.69 bits per heavy atom. The number of carboxylic acid groups (broad SMARTS) is 1. The number of thiophene rings is 1. The summed E-state index contributed by atoms with van der Waals surface area (Å²) in [6, 6.07) is 7.61. The van der Waals surface area contributed by atoms with Crippen LogP contribution in [0, 0.1) is 12.8 Å². The molecule has 0 amide bonds. The molecule has 0 fully saturated rings. The van der Waals surface area contributed by atoms with E-state index in [1.807, 2.05) is 24.4 Å². The fourth-order valence-electron chi connectivity index (χ4n) is 4.03. The summed E-state index contributed by atoms with van der Waals surface area (Å²) in [4.78, 5) is 30.7. The smallest absolute Gasteiger partial charge is 0.313 e. The van der Waals surface area contributed by atoms with Crippen LogP contribution in [-0.2, 0) is 9.59 Å². The average molecular weight is 369 g/mol. The number of aryl methyl sites for hydroxylation is 1. The maximum absolute atomic E-state index is 13.0. The molecule has 2 aliphatic rings. The predicted octanol–water partition coefficient (Wildman–Crippen LogP) is 4.31. The molecule has 3 atom stereocenters. The minimum absolute atomic E-state index is 0.0220. The Kier molecular flexibility index (Phi) is 4.15. The molecule has 1 aliphatic carbocycles. The Hall–Kier alpha value is -2.47. The topological polar surface area (TPSA) is 79.9 Å². The highest BCUT2D eigenvalue weighted by Gasteiger charge is 2.45. The van der Waals surface area contributed by atoms with Gasteiger partial charge < -0.3 is 9.52 Å². The molecule has 134 valence electrons. The second-order valence-corrected chi connectivity index (χ2v) is 7.88. The van der Waals surface area contributed by atoms with Crippen LogP contribution in [0.15, 0.2) is 50.3 Å². The number of furan rings is 1. The Labute approximate surface area is 155 Å². The van der Waals surface area contributed by atoms with Crippen molar-refractivity contribution in [2.24, 2.45) is 10.9 Å². The number of rotatable bonds is 3. The summed E-state index contributed by atoms with van der Waals surface area (Å²) < 4.78 is 5.75. The summed E-state index contributed by atoms with van der Waals surface area (Å²) in [5.41, 5.74) is 1.76. The molecule has 1 N–H and O–H groups in total. The third-order valence-corrected chi connectivity index (χ3v) is 6.20. The van der Waals surface area contributed by atoms with Crippen molar-refractivity contribution in [3.8, 4) is 0 Å². The van der Waals surface area contributed by atoms with Crippen LogP contribution in [0.25, 0.3) is 0 Å². The molecular formula is C20H19NO4S. The largest absolute Gasteiger partial charge is 0.481 e. The molecule has 26 heavy (non-hydrogen) atoms. The normalized spacial score (nSPS) is 25.8. The number of allylic oxidation sites excluding steroid dienone is 2. The zero-order valence-electron chi connectivity index (χ0n) is 14.6. The summed E-state index contributed by atoms with van der Waals surface area (Å²) in [7, 11) is 0. The van der Waals surface area contributed by atoms with Gasteiger partial charge in [-0.05, 0) is 43.8 Å². The number of ketones is 1. The Morgan fingerprint density at radius 1 is 1.27 bits per heavy atom. The monoisotopic (exact) mass is 369 g/mol. The maximum atomic E-state index is 13.0. The third-order valence-electron chi connectivity index (χ3n) is 5.17. The number of Topliss-reactive ketones (excluding diaryl/α,β-unsaturated/α-hetero) is 1. The first kappa shape index (κ1) is 17.0. The highest BCUT2D eigenvalue weighted by atomic mass is 32.1. The minimum Gasteiger partial charge on any atom is -0.481 e. The van der Waals surface area contributed by atoms with E-state index < -0.39 is 17.8 Å². The number of carbonyl (C=O) groups excluding carboxylic acids is 1. The predicted molar refractivity (Wildman–Crippen MR) is 98.7 cm³/mol. The molecule has 4 rings (SSSR count). The lowest BCUT2D eigenvalue weighted by molar-refractivity contribution is -0.140. The van der Waals surface area contributed by atoms with Crippen molar-refractivity contribution in [3.05, 3.63) is 57.3 Å². The van der Waals surface area contributed by atoms with E-state index >= 15 is 0 Å². The number of hydrogen-bond acceptors (Lipinski definition) is 5. The summed E-state index contributed by atoms with van der Waals surface area (Å²) in [5, 5.41) is 11.8. The van der Waals surface area contributed by atoms with Gasteiger partial charge in [0.05, 0.1) is 5.92 Å². The Bertz CT molecular complexity index is 935. The molecule has 2 aromatic heterocycles. The van der Waals surface area contributed by atoms with Crippen LogP contribution >= 0.6 is 11.3 Å². The molecule has 0 saturated heterocycles. The maximum Gasteiger partial charge on any atom is 0.313 e. The molecule has 0 aromatic carbocycles. The molecule has 3 unspecified atom stereocenters. The number of nitrogens with zero attached hydrogens (tertiary/aromatic N) is 1. The Morgan fingerprint density at radius 2 is 2.08 bits per heavy atom. The van der Waals surface area contributed by atoms with Crippen molar-refractivity contribution in [3.63, 3.8) is 0 Å². The fourth-order valence-corrected chi connectivity index (χ4v) is 4.86. The van der Waals surface area contributed by atoms with Crippen molar-refractivity contribution >= 4 is 28.8 Å².